The van der Waals surface area contributed by atoms with Crippen molar-refractivity contribution in [2.75, 3.05) is 0 Å². The Hall–Kier alpha value is -1.06. The number of hydrogen-bond acceptors (Lipinski definition) is 0. The molecule has 182 valence electrons. The van der Waals surface area contributed by atoms with Gasteiger partial charge in [0.2, 0.25) is 0 Å². The molecule has 35 heavy (non-hydrogen) atoms. The van der Waals surface area contributed by atoms with Crippen molar-refractivity contribution in [1.29, 1.82) is 0 Å². The second-order valence-corrected chi connectivity index (χ2v) is 12.9. The van der Waals surface area contributed by atoms with E-state index < -0.39 is 8.07 Å². The number of allylic oxidation sites excluding steroid dienone is 4. The van der Waals surface area contributed by atoms with Gasteiger partial charge in [0, 0.05) is 0 Å². The average molecular weight is 576 g/mol. The molecule has 0 spiro atoms. The van der Waals surface area contributed by atoms with Gasteiger partial charge in [-0.15, -0.1) is 6.42 Å². The fraction of sp³-hybridized carbons (Fsp3) is 0.267. The van der Waals surface area contributed by atoms with E-state index in [2.05, 4.69) is 120 Å². The summed E-state index contributed by atoms with van der Waals surface area (Å²) in [7, 11) is -2.47. The predicted molar refractivity (Wildman–Crippen MR) is 137 cm³/mol. The SMILES string of the molecule is CCC(C)C1=[C-]CC=C1[Si](c1cccc(C)c1)(c1cccc(C)c1)c1cccc(C)c1.[Cl-].[Cl-].[Cl-].[Ti+4]. The summed E-state index contributed by atoms with van der Waals surface area (Å²) in [6.45, 7) is 11.3. The van der Waals surface area contributed by atoms with Gasteiger partial charge in [-0.1, -0.05) is 131 Å². The molecule has 1 atom stereocenters. The first kappa shape index (κ1) is 33.9. The zero-order valence-corrected chi connectivity index (χ0v) is 26.0. The van der Waals surface area contributed by atoms with Crippen molar-refractivity contribution >= 4 is 23.6 Å². The van der Waals surface area contributed by atoms with Gasteiger partial charge >= 0.3 is 21.7 Å². The first-order valence-corrected chi connectivity index (χ1v) is 13.5. The van der Waals surface area contributed by atoms with E-state index in [9.17, 15) is 0 Å². The van der Waals surface area contributed by atoms with E-state index >= 15 is 0 Å². The van der Waals surface area contributed by atoms with E-state index in [0.29, 0.717) is 5.92 Å². The van der Waals surface area contributed by atoms with Crippen molar-refractivity contribution in [3.63, 3.8) is 0 Å². The molecule has 0 radical (unpaired) electrons. The van der Waals surface area contributed by atoms with Gasteiger partial charge in [-0.3, -0.25) is 6.08 Å². The Morgan fingerprint density at radius 3 is 1.49 bits per heavy atom. The van der Waals surface area contributed by atoms with Crippen molar-refractivity contribution in [3.8, 4) is 0 Å². The van der Waals surface area contributed by atoms with Gasteiger partial charge in [0.25, 0.3) is 0 Å². The van der Waals surface area contributed by atoms with Crippen LogP contribution in [0.15, 0.2) is 89.6 Å². The van der Waals surface area contributed by atoms with Crippen molar-refractivity contribution in [2.45, 2.75) is 47.5 Å². The molecule has 0 N–H and O–H groups in total. The molecule has 0 saturated carbocycles. The fourth-order valence-electron chi connectivity index (χ4n) is 5.07. The number of halogens is 3. The molecule has 0 aromatic heterocycles. The summed E-state index contributed by atoms with van der Waals surface area (Å²) < 4.78 is 0. The Labute approximate surface area is 246 Å². The maximum absolute atomic E-state index is 3.77. The zero-order valence-electron chi connectivity index (χ0n) is 21.1. The Morgan fingerprint density at radius 1 is 0.743 bits per heavy atom. The molecule has 1 aliphatic rings. The van der Waals surface area contributed by atoms with E-state index in [1.807, 2.05) is 0 Å². The van der Waals surface area contributed by atoms with Crippen LogP contribution in [0, 0.1) is 32.8 Å². The molecule has 0 amide bonds. The molecule has 1 unspecified atom stereocenters. The van der Waals surface area contributed by atoms with Crippen LogP contribution in [-0.4, -0.2) is 8.07 Å². The standard InChI is InChI=1S/C30H33Si.3ClH.Ti/c1-6-25(5)29-17-10-18-30(29)31(26-14-7-11-22(2)19-26,27-15-8-12-23(3)20-27)28-16-9-13-24(4)21-28;;;;/h7-9,11-16,18-21,25H,6,10H2,1-5H3;3*1H;/q-1;;;;+4/p-3. The summed E-state index contributed by atoms with van der Waals surface area (Å²) in [5.41, 5.74) is 5.42. The van der Waals surface area contributed by atoms with Crippen LogP contribution in [0.25, 0.3) is 0 Å². The van der Waals surface area contributed by atoms with Crippen LogP contribution >= 0.6 is 0 Å². The first-order chi connectivity index (χ1) is 15.0. The molecule has 5 heteroatoms. The summed E-state index contributed by atoms with van der Waals surface area (Å²) in [5.74, 6) is 0.514. The van der Waals surface area contributed by atoms with Crippen LogP contribution in [-0.2, 0) is 21.7 Å². The largest absolute Gasteiger partial charge is 4.00 e. The van der Waals surface area contributed by atoms with Gasteiger partial charge in [0.05, 0.1) is 8.07 Å². The van der Waals surface area contributed by atoms with Crippen LogP contribution in [0.3, 0.4) is 0 Å². The number of hydrogen-bond donors (Lipinski definition) is 0. The molecule has 0 saturated heterocycles. The van der Waals surface area contributed by atoms with E-state index in [0.717, 1.165) is 12.8 Å². The van der Waals surface area contributed by atoms with Crippen molar-refractivity contribution in [1.82, 2.24) is 0 Å². The van der Waals surface area contributed by atoms with Crippen molar-refractivity contribution in [2.24, 2.45) is 5.92 Å². The van der Waals surface area contributed by atoms with Crippen LogP contribution in [0.2, 0.25) is 0 Å². The molecule has 3 aromatic rings. The molecule has 1 aliphatic carbocycles. The third-order valence-corrected chi connectivity index (χ3v) is 11.6. The minimum atomic E-state index is -2.47. The smallest absolute Gasteiger partial charge is 1.00 e. The van der Waals surface area contributed by atoms with Crippen LogP contribution < -0.4 is 52.8 Å². The Morgan fingerprint density at radius 2 is 1.14 bits per heavy atom. The molecule has 0 heterocycles. The molecular weight excluding hydrogens is 543 g/mol. The zero-order chi connectivity index (χ0) is 22.0. The molecular formula is C30H33Cl3SiTi. The van der Waals surface area contributed by atoms with E-state index in [1.165, 1.54) is 37.8 Å². The van der Waals surface area contributed by atoms with Gasteiger partial charge in [-0.25, -0.2) is 5.57 Å². The van der Waals surface area contributed by atoms with Gasteiger partial charge in [0.1, 0.15) is 0 Å². The van der Waals surface area contributed by atoms with Crippen LogP contribution in [0.4, 0.5) is 0 Å². The molecule has 3 aromatic carbocycles. The minimum absolute atomic E-state index is 0. The summed E-state index contributed by atoms with van der Waals surface area (Å²) in [6.07, 6.45) is 8.32. The first-order valence-electron chi connectivity index (χ1n) is 11.5. The molecule has 0 fully saturated rings. The van der Waals surface area contributed by atoms with E-state index in [-0.39, 0.29) is 58.9 Å². The van der Waals surface area contributed by atoms with Gasteiger partial charge in [-0.05, 0) is 20.8 Å². The molecule has 0 bridgehead atoms. The Balaban J connectivity index is 0.00000289. The topological polar surface area (TPSA) is 0 Å². The number of aryl methyl sites for hydroxylation is 3. The fourth-order valence-corrected chi connectivity index (χ4v) is 10.5. The van der Waals surface area contributed by atoms with E-state index in [1.54, 1.807) is 5.20 Å². The van der Waals surface area contributed by atoms with E-state index in [4.69, 9.17) is 0 Å². The Bertz CT molecular complexity index is 1060. The molecule has 0 nitrogen and oxygen atoms in total. The van der Waals surface area contributed by atoms with Gasteiger partial charge in [-0.2, -0.15) is 11.3 Å². The second kappa shape index (κ2) is 14.6. The maximum atomic E-state index is 3.77. The quantitative estimate of drug-likeness (QED) is 0.165. The van der Waals surface area contributed by atoms with Gasteiger partial charge < -0.3 is 37.2 Å². The average Bonchev–Trinajstić information content (AvgIpc) is 3.24. The van der Waals surface area contributed by atoms with Crippen molar-refractivity contribution in [3.05, 3.63) is 112 Å². The monoisotopic (exact) mass is 574 g/mol. The normalized spacial score (nSPS) is 13.2. The third kappa shape index (κ3) is 6.64. The molecule has 4 rings (SSSR count). The third-order valence-electron chi connectivity index (χ3n) is 6.75. The second-order valence-electron chi connectivity index (χ2n) is 9.08. The predicted octanol–water partition coefficient (Wildman–Crippen LogP) is -3.26. The van der Waals surface area contributed by atoms with Gasteiger partial charge in [0.15, 0.2) is 0 Å². The minimum Gasteiger partial charge on any atom is -1.00 e. The number of benzene rings is 3. The van der Waals surface area contributed by atoms with Crippen LogP contribution in [0.1, 0.15) is 43.4 Å². The summed E-state index contributed by atoms with van der Waals surface area (Å²) in [5, 5.41) is 5.96. The van der Waals surface area contributed by atoms with Crippen LogP contribution in [0.5, 0.6) is 0 Å². The Kier molecular flexibility index (Phi) is 14.2. The summed E-state index contributed by atoms with van der Waals surface area (Å²) in [6, 6.07) is 27.8. The maximum Gasteiger partial charge on any atom is 4.00 e. The summed E-state index contributed by atoms with van der Waals surface area (Å²) >= 11 is 0. The van der Waals surface area contributed by atoms with Crippen molar-refractivity contribution < 1.29 is 58.9 Å². The number of rotatable bonds is 6. The molecule has 0 aliphatic heterocycles. The summed E-state index contributed by atoms with van der Waals surface area (Å²) in [4.78, 5) is 0.